The summed E-state index contributed by atoms with van der Waals surface area (Å²) < 4.78 is 0. The second kappa shape index (κ2) is 8.17. The van der Waals surface area contributed by atoms with Gasteiger partial charge in [0.25, 0.3) is 0 Å². The van der Waals surface area contributed by atoms with Crippen LogP contribution in [0.5, 0.6) is 0 Å². The first-order valence-corrected chi connectivity index (χ1v) is 13.0. The Morgan fingerprint density at radius 2 is 1.87 bits per heavy atom. The molecule has 0 unspecified atom stereocenters. The molecule has 0 aromatic heterocycles. The number of aliphatic hydroxyl groups is 2. The summed E-state index contributed by atoms with van der Waals surface area (Å²) in [5, 5.41) is 22.1. The van der Waals surface area contributed by atoms with Crippen LogP contribution in [0.15, 0.2) is 35.5 Å². The van der Waals surface area contributed by atoms with E-state index >= 15 is 0 Å². The zero-order chi connectivity index (χ0) is 22.7. The molecule has 0 spiro atoms. The van der Waals surface area contributed by atoms with E-state index in [0.29, 0.717) is 35.5 Å². The van der Waals surface area contributed by atoms with Gasteiger partial charge in [-0.3, -0.25) is 0 Å². The normalized spacial score (nSPS) is 45.3. The number of hydrogen-bond acceptors (Lipinski definition) is 2. The second-order valence-corrected chi connectivity index (χ2v) is 12.3. The first-order chi connectivity index (χ1) is 14.5. The fourth-order valence-corrected chi connectivity index (χ4v) is 8.14. The van der Waals surface area contributed by atoms with E-state index in [1.54, 1.807) is 5.57 Å². The Bertz CT molecular complexity index is 776. The number of rotatable bonds is 5. The van der Waals surface area contributed by atoms with E-state index < -0.39 is 0 Å². The lowest BCUT2D eigenvalue weighted by atomic mass is 9.49. The van der Waals surface area contributed by atoms with Gasteiger partial charge in [-0.2, -0.15) is 0 Å². The van der Waals surface area contributed by atoms with Gasteiger partial charge in [0, 0.05) is 5.41 Å². The van der Waals surface area contributed by atoms with Crippen molar-refractivity contribution < 1.29 is 10.2 Å². The lowest BCUT2D eigenvalue weighted by Crippen LogP contribution is -2.51. The summed E-state index contributed by atoms with van der Waals surface area (Å²) >= 11 is 0. The average molecular weight is 427 g/mol. The van der Waals surface area contributed by atoms with Crippen LogP contribution in [0.3, 0.4) is 0 Å². The molecule has 2 N–H and O–H groups in total. The molecule has 9 atom stereocenters. The van der Waals surface area contributed by atoms with Gasteiger partial charge < -0.3 is 10.2 Å². The Hall–Kier alpha value is -0.860. The van der Waals surface area contributed by atoms with Gasteiger partial charge in [0.15, 0.2) is 0 Å². The van der Waals surface area contributed by atoms with Crippen molar-refractivity contribution in [1.29, 1.82) is 0 Å². The molecule has 0 aromatic carbocycles. The van der Waals surface area contributed by atoms with Crippen LogP contribution in [-0.2, 0) is 0 Å². The molecule has 0 heterocycles. The SMILES string of the molecule is C=C(CC[C@@H](C)[C@H]1CC[C@H]2C3=CC[C@H]4[C@H](C)[C@@H](O)CC[C@]4(C)C3=C[C@@H](O)[C@]12C)C(C)C. The number of aliphatic hydroxyl groups excluding tert-OH is 2. The minimum Gasteiger partial charge on any atom is -0.393 e. The number of allylic oxidation sites excluding steroid dienone is 4. The summed E-state index contributed by atoms with van der Waals surface area (Å²) in [6.07, 6.45) is 11.9. The van der Waals surface area contributed by atoms with E-state index in [0.717, 1.165) is 25.7 Å². The van der Waals surface area contributed by atoms with Gasteiger partial charge in [-0.15, -0.1) is 0 Å². The van der Waals surface area contributed by atoms with Crippen LogP contribution < -0.4 is 0 Å². The predicted molar refractivity (Wildman–Crippen MR) is 129 cm³/mol. The first-order valence-electron chi connectivity index (χ1n) is 13.0. The predicted octanol–water partition coefficient (Wildman–Crippen LogP) is 6.69. The maximum absolute atomic E-state index is 11.6. The fourth-order valence-electron chi connectivity index (χ4n) is 8.14. The van der Waals surface area contributed by atoms with Crippen molar-refractivity contribution >= 4 is 0 Å². The van der Waals surface area contributed by atoms with Gasteiger partial charge >= 0.3 is 0 Å². The summed E-state index contributed by atoms with van der Waals surface area (Å²) in [6, 6.07) is 0. The molecule has 2 fully saturated rings. The number of hydrogen-bond donors (Lipinski definition) is 2. The Morgan fingerprint density at radius 3 is 2.55 bits per heavy atom. The van der Waals surface area contributed by atoms with Crippen molar-refractivity contribution in [2.45, 2.75) is 98.7 Å². The topological polar surface area (TPSA) is 40.5 Å². The van der Waals surface area contributed by atoms with Crippen LogP contribution in [0.2, 0.25) is 0 Å². The molecule has 2 nitrogen and oxygen atoms in total. The molecule has 0 radical (unpaired) electrons. The third-order valence-corrected chi connectivity index (χ3v) is 10.6. The fraction of sp³-hybridized carbons (Fsp3) is 0.793. The van der Waals surface area contributed by atoms with E-state index in [1.165, 1.54) is 30.4 Å². The van der Waals surface area contributed by atoms with E-state index in [9.17, 15) is 10.2 Å². The highest BCUT2D eigenvalue weighted by Gasteiger charge is 2.59. The van der Waals surface area contributed by atoms with Gasteiger partial charge in [0.2, 0.25) is 0 Å². The summed E-state index contributed by atoms with van der Waals surface area (Å²) in [7, 11) is 0. The van der Waals surface area contributed by atoms with Gasteiger partial charge in [-0.25, -0.2) is 0 Å². The summed E-state index contributed by atoms with van der Waals surface area (Å²) in [5.41, 5.74) is 4.39. The molecule has 2 heteroatoms. The Kier molecular flexibility index (Phi) is 6.14. The summed E-state index contributed by atoms with van der Waals surface area (Å²) in [5.74, 6) is 3.01. The highest BCUT2D eigenvalue weighted by atomic mass is 16.3. The van der Waals surface area contributed by atoms with Crippen molar-refractivity contribution in [2.24, 2.45) is 46.3 Å². The standard InChI is InChI=1S/C29H46O2/c1-17(2)18(3)8-9-19(4)22-12-13-24-21-10-11-23-20(5)26(30)14-15-28(23,6)25(21)16-27(31)29(22,24)7/h10,16-17,19-20,22-24,26-27,30-31H,3,8-9,11-15H2,1-2,4-7H3/t19-,20+,22-,23+,24+,26+,27-,28+,29-/m1/s1. The quantitative estimate of drug-likeness (QED) is 0.481. The first kappa shape index (κ1) is 23.3. The maximum atomic E-state index is 11.6. The van der Waals surface area contributed by atoms with Gasteiger partial charge in [0.05, 0.1) is 12.2 Å². The van der Waals surface area contributed by atoms with Gasteiger partial charge in [-0.1, -0.05) is 65.8 Å². The van der Waals surface area contributed by atoms with Gasteiger partial charge in [-0.05, 0) is 97.0 Å². The van der Waals surface area contributed by atoms with Crippen molar-refractivity contribution in [3.05, 3.63) is 35.5 Å². The average Bonchev–Trinajstić information content (AvgIpc) is 3.08. The highest BCUT2D eigenvalue weighted by molar-refractivity contribution is 5.48. The van der Waals surface area contributed by atoms with E-state index in [1.807, 2.05) is 0 Å². The van der Waals surface area contributed by atoms with Crippen molar-refractivity contribution in [2.75, 3.05) is 0 Å². The molecule has 4 aliphatic rings. The van der Waals surface area contributed by atoms with Gasteiger partial charge in [0.1, 0.15) is 0 Å². The second-order valence-electron chi connectivity index (χ2n) is 12.3. The molecule has 0 aliphatic heterocycles. The molecule has 0 bridgehead atoms. The minimum atomic E-state index is -0.370. The van der Waals surface area contributed by atoms with E-state index in [-0.39, 0.29) is 23.0 Å². The van der Waals surface area contributed by atoms with Crippen LogP contribution in [0, 0.1) is 46.3 Å². The monoisotopic (exact) mass is 426 g/mol. The summed E-state index contributed by atoms with van der Waals surface area (Å²) in [4.78, 5) is 0. The molecule has 4 aliphatic carbocycles. The maximum Gasteiger partial charge on any atom is 0.0789 e. The Labute approximate surface area is 190 Å². The summed E-state index contributed by atoms with van der Waals surface area (Å²) in [6.45, 7) is 18.2. The molecule has 0 amide bonds. The van der Waals surface area contributed by atoms with Crippen molar-refractivity contribution in [3.8, 4) is 0 Å². The largest absolute Gasteiger partial charge is 0.393 e. The lowest BCUT2D eigenvalue weighted by Gasteiger charge is -2.56. The Morgan fingerprint density at radius 1 is 1.16 bits per heavy atom. The zero-order valence-corrected chi connectivity index (χ0v) is 20.8. The molecule has 2 saturated carbocycles. The van der Waals surface area contributed by atoms with Crippen LogP contribution >= 0.6 is 0 Å². The van der Waals surface area contributed by atoms with E-state index in [4.69, 9.17) is 0 Å². The highest BCUT2D eigenvalue weighted by Crippen LogP contribution is 2.65. The van der Waals surface area contributed by atoms with Crippen molar-refractivity contribution in [1.82, 2.24) is 0 Å². The lowest BCUT2D eigenvalue weighted by molar-refractivity contribution is -0.0340. The van der Waals surface area contributed by atoms with E-state index in [2.05, 4.69) is 60.3 Å². The molecule has 0 saturated heterocycles. The smallest absolute Gasteiger partial charge is 0.0789 e. The molecular weight excluding hydrogens is 380 g/mol. The third kappa shape index (κ3) is 3.52. The number of fused-ring (bicyclic) bond motifs is 5. The molecule has 31 heavy (non-hydrogen) atoms. The minimum absolute atomic E-state index is 0.0586. The molecule has 0 aromatic rings. The van der Waals surface area contributed by atoms with Crippen LogP contribution in [0.25, 0.3) is 0 Å². The Balaban J connectivity index is 1.61. The molecular formula is C29H46O2. The van der Waals surface area contributed by atoms with Crippen LogP contribution in [0.4, 0.5) is 0 Å². The van der Waals surface area contributed by atoms with Crippen LogP contribution in [-0.4, -0.2) is 22.4 Å². The third-order valence-electron chi connectivity index (χ3n) is 10.6. The molecule has 4 rings (SSSR count). The zero-order valence-electron chi connectivity index (χ0n) is 20.8. The molecule has 174 valence electrons. The van der Waals surface area contributed by atoms with Crippen molar-refractivity contribution in [3.63, 3.8) is 0 Å². The van der Waals surface area contributed by atoms with Crippen LogP contribution in [0.1, 0.15) is 86.5 Å².